The zero-order valence-corrected chi connectivity index (χ0v) is 12.9. The van der Waals surface area contributed by atoms with Crippen molar-refractivity contribution in [3.8, 4) is 0 Å². The van der Waals surface area contributed by atoms with Crippen molar-refractivity contribution in [1.29, 1.82) is 0 Å². The van der Waals surface area contributed by atoms with Crippen LogP contribution in [0.1, 0.15) is 39.0 Å². The first-order valence-corrected chi connectivity index (χ1v) is 7.80. The zero-order valence-electron chi connectivity index (χ0n) is 12.9. The second-order valence-corrected chi connectivity index (χ2v) is 6.32. The monoisotopic (exact) mass is 298 g/mol. The summed E-state index contributed by atoms with van der Waals surface area (Å²) in [4.78, 5) is 24.2. The van der Waals surface area contributed by atoms with Crippen molar-refractivity contribution in [1.82, 2.24) is 10.2 Å². The first kappa shape index (κ1) is 16.4. The summed E-state index contributed by atoms with van der Waals surface area (Å²) in [6.45, 7) is 2.79. The number of aliphatic hydroxyl groups excluding tert-OH is 1. The minimum Gasteiger partial charge on any atom is -0.389 e. The van der Waals surface area contributed by atoms with E-state index in [0.29, 0.717) is 0 Å². The van der Waals surface area contributed by atoms with Crippen LogP contribution in [0, 0.1) is 5.92 Å². The highest BCUT2D eigenvalue weighted by atomic mass is 16.5. The van der Waals surface area contributed by atoms with Gasteiger partial charge in [-0.2, -0.15) is 0 Å². The van der Waals surface area contributed by atoms with E-state index in [1.807, 2.05) is 0 Å². The van der Waals surface area contributed by atoms with Gasteiger partial charge >= 0.3 is 0 Å². The minimum atomic E-state index is -0.654. The van der Waals surface area contributed by atoms with Crippen molar-refractivity contribution in [2.24, 2.45) is 5.92 Å². The number of hydrogen-bond acceptors (Lipinski definition) is 5. The number of carbonyl (C=O) groups excluding carboxylic acids is 2. The normalized spacial score (nSPS) is 31.8. The molecule has 2 aliphatic rings. The summed E-state index contributed by atoms with van der Waals surface area (Å²) in [5, 5.41) is 12.9. The van der Waals surface area contributed by atoms with E-state index < -0.39 is 12.1 Å². The fourth-order valence-electron chi connectivity index (χ4n) is 2.90. The van der Waals surface area contributed by atoms with Crippen molar-refractivity contribution in [3.05, 3.63) is 0 Å². The Bertz CT molecular complexity index is 380. The molecular weight excluding hydrogens is 272 g/mol. The summed E-state index contributed by atoms with van der Waals surface area (Å²) in [5.41, 5.74) is 0. The summed E-state index contributed by atoms with van der Waals surface area (Å²) in [6.07, 6.45) is 4.25. The number of likely N-dealkylation sites (tertiary alicyclic amines) is 1. The summed E-state index contributed by atoms with van der Waals surface area (Å²) < 4.78 is 5.73. The molecule has 21 heavy (non-hydrogen) atoms. The van der Waals surface area contributed by atoms with E-state index in [1.165, 1.54) is 19.9 Å². The lowest BCUT2D eigenvalue weighted by atomic mass is 9.89. The van der Waals surface area contributed by atoms with Crippen LogP contribution in [0.2, 0.25) is 0 Å². The molecule has 1 aliphatic heterocycles. The van der Waals surface area contributed by atoms with Crippen LogP contribution in [0.15, 0.2) is 0 Å². The molecule has 1 heterocycles. The van der Waals surface area contributed by atoms with Gasteiger partial charge in [-0.1, -0.05) is 6.92 Å². The van der Waals surface area contributed by atoms with Crippen molar-refractivity contribution in [3.63, 3.8) is 0 Å². The van der Waals surface area contributed by atoms with Crippen molar-refractivity contribution in [2.45, 2.75) is 57.3 Å². The van der Waals surface area contributed by atoms with Gasteiger partial charge < -0.3 is 15.2 Å². The van der Waals surface area contributed by atoms with E-state index >= 15 is 0 Å². The van der Waals surface area contributed by atoms with Gasteiger partial charge in [-0.25, -0.2) is 0 Å². The molecule has 6 nitrogen and oxygen atoms in total. The highest BCUT2D eigenvalue weighted by molar-refractivity contribution is 6.05. The average Bonchev–Trinajstić information content (AvgIpc) is 2.72. The summed E-state index contributed by atoms with van der Waals surface area (Å²) in [7, 11) is 1.48. The molecular formula is C15H26N2O4. The van der Waals surface area contributed by atoms with E-state index in [0.717, 1.165) is 23.7 Å². The van der Waals surface area contributed by atoms with E-state index in [-0.39, 0.29) is 37.5 Å². The molecule has 1 saturated carbocycles. The fourth-order valence-corrected chi connectivity index (χ4v) is 2.90. The minimum absolute atomic E-state index is 0.170. The molecule has 0 aromatic carbocycles. The molecule has 0 aromatic heterocycles. The first-order chi connectivity index (χ1) is 9.97. The van der Waals surface area contributed by atoms with Gasteiger partial charge in [0.15, 0.2) is 0 Å². The van der Waals surface area contributed by atoms with E-state index in [4.69, 9.17) is 4.74 Å². The number of nitrogens with zero attached hydrogens (tertiary/aromatic N) is 1. The highest BCUT2D eigenvalue weighted by Gasteiger charge is 2.35. The van der Waals surface area contributed by atoms with Crippen LogP contribution < -0.4 is 5.32 Å². The molecule has 0 aromatic rings. The molecule has 2 amide bonds. The summed E-state index contributed by atoms with van der Waals surface area (Å²) >= 11 is 0. The molecule has 120 valence electrons. The van der Waals surface area contributed by atoms with E-state index in [2.05, 4.69) is 12.2 Å². The number of amides is 2. The third-order valence-corrected chi connectivity index (χ3v) is 4.47. The van der Waals surface area contributed by atoms with Gasteiger partial charge in [0.05, 0.1) is 31.3 Å². The molecule has 0 bridgehead atoms. The zero-order chi connectivity index (χ0) is 15.4. The third kappa shape index (κ3) is 4.49. The van der Waals surface area contributed by atoms with Crippen LogP contribution in [0.3, 0.4) is 0 Å². The molecule has 2 rings (SSSR count). The second-order valence-electron chi connectivity index (χ2n) is 6.32. The molecule has 2 N–H and O–H groups in total. The molecule has 2 atom stereocenters. The summed E-state index contributed by atoms with van der Waals surface area (Å²) in [6, 6.07) is -0.507. The lowest BCUT2D eigenvalue weighted by molar-refractivity contribution is -0.137. The van der Waals surface area contributed by atoms with Gasteiger partial charge in [-0.3, -0.25) is 14.5 Å². The maximum absolute atomic E-state index is 11.7. The van der Waals surface area contributed by atoms with Crippen LogP contribution in [0.4, 0.5) is 0 Å². The van der Waals surface area contributed by atoms with Gasteiger partial charge in [-0.15, -0.1) is 0 Å². The number of ether oxygens (including phenoxy) is 1. The van der Waals surface area contributed by atoms with Crippen molar-refractivity contribution < 1.29 is 19.4 Å². The van der Waals surface area contributed by atoms with Gasteiger partial charge in [-0.05, 0) is 31.6 Å². The lowest BCUT2D eigenvalue weighted by Gasteiger charge is -2.27. The standard InChI is InChI=1S/C15H26N2O4/c1-10-3-5-12(6-4-10)21-9-11(18)8-16-13-7-14(19)17(2)15(13)20/h10-13,16,18H,3-9H2,1-2H3. The van der Waals surface area contributed by atoms with Crippen LogP contribution >= 0.6 is 0 Å². The molecule has 2 unspecified atom stereocenters. The molecule has 1 aliphatic carbocycles. The van der Waals surface area contributed by atoms with Gasteiger partial charge in [0.1, 0.15) is 0 Å². The Morgan fingerprint density at radius 3 is 2.57 bits per heavy atom. The first-order valence-electron chi connectivity index (χ1n) is 7.80. The Kier molecular flexibility index (Phi) is 5.72. The number of aliphatic hydroxyl groups is 1. The predicted molar refractivity (Wildman–Crippen MR) is 77.6 cm³/mol. The number of carbonyl (C=O) groups is 2. The van der Waals surface area contributed by atoms with Gasteiger partial charge in [0.25, 0.3) is 0 Å². The third-order valence-electron chi connectivity index (χ3n) is 4.47. The van der Waals surface area contributed by atoms with Crippen LogP contribution in [-0.2, 0) is 14.3 Å². The van der Waals surface area contributed by atoms with Crippen molar-refractivity contribution in [2.75, 3.05) is 20.2 Å². The topological polar surface area (TPSA) is 78.9 Å². The smallest absolute Gasteiger partial charge is 0.246 e. The number of rotatable bonds is 6. The van der Waals surface area contributed by atoms with Crippen LogP contribution in [0.5, 0.6) is 0 Å². The quantitative estimate of drug-likeness (QED) is 0.689. The predicted octanol–water partition coefficient (Wildman–Crippen LogP) is 0.289. The average molecular weight is 298 g/mol. The highest BCUT2D eigenvalue weighted by Crippen LogP contribution is 2.25. The van der Waals surface area contributed by atoms with E-state index in [9.17, 15) is 14.7 Å². The number of nitrogens with one attached hydrogen (secondary N) is 1. The lowest BCUT2D eigenvalue weighted by Crippen LogP contribution is -2.42. The molecule has 0 spiro atoms. The van der Waals surface area contributed by atoms with E-state index in [1.54, 1.807) is 0 Å². The SMILES string of the molecule is CC1CCC(OCC(O)CNC2CC(=O)N(C)C2=O)CC1. The van der Waals surface area contributed by atoms with Crippen LogP contribution in [-0.4, -0.2) is 60.3 Å². The largest absolute Gasteiger partial charge is 0.389 e. The van der Waals surface area contributed by atoms with Crippen molar-refractivity contribution >= 4 is 11.8 Å². The Morgan fingerprint density at radius 1 is 1.33 bits per heavy atom. The summed E-state index contributed by atoms with van der Waals surface area (Å²) in [5.74, 6) is 0.369. The molecule has 1 saturated heterocycles. The van der Waals surface area contributed by atoms with Gasteiger partial charge in [0.2, 0.25) is 11.8 Å². The maximum atomic E-state index is 11.7. The number of likely N-dealkylation sites (N-methyl/N-ethyl adjacent to an activating group) is 1. The molecule has 2 fully saturated rings. The molecule has 0 radical (unpaired) electrons. The second kappa shape index (κ2) is 7.33. The number of hydrogen-bond donors (Lipinski definition) is 2. The number of imide groups is 1. The Labute approximate surface area is 125 Å². The fraction of sp³-hybridized carbons (Fsp3) is 0.867. The Balaban J connectivity index is 1.63. The molecule has 6 heteroatoms. The van der Waals surface area contributed by atoms with Gasteiger partial charge in [0, 0.05) is 13.6 Å². The Morgan fingerprint density at radius 2 is 2.00 bits per heavy atom. The maximum Gasteiger partial charge on any atom is 0.246 e. The van der Waals surface area contributed by atoms with Crippen LogP contribution in [0.25, 0.3) is 0 Å². The Hall–Kier alpha value is -0.980.